The molecule has 1 aliphatic heterocycles. The Morgan fingerprint density at radius 1 is 1.18 bits per heavy atom. The Hall–Kier alpha value is -3.29. The SMILES string of the molecule is C=CCOc1ccc(C2C(=C(O)c3ccc(OCC)c(Cl)c3)C(=O)C(=O)N2CCCOC)cc1. The summed E-state index contributed by atoms with van der Waals surface area (Å²) in [6.07, 6.45) is 2.18. The third-order valence-corrected chi connectivity index (χ3v) is 5.65. The monoisotopic (exact) mass is 485 g/mol. The molecular formula is C26H28ClNO6. The molecule has 0 spiro atoms. The van der Waals surface area contributed by atoms with Gasteiger partial charge in [-0.3, -0.25) is 9.59 Å². The van der Waals surface area contributed by atoms with E-state index < -0.39 is 17.7 Å². The zero-order chi connectivity index (χ0) is 24.7. The Bertz CT molecular complexity index is 1080. The molecule has 1 unspecified atom stereocenters. The van der Waals surface area contributed by atoms with Crippen molar-refractivity contribution < 1.29 is 28.9 Å². The van der Waals surface area contributed by atoms with Crippen LogP contribution in [0.15, 0.2) is 60.7 Å². The van der Waals surface area contributed by atoms with E-state index in [9.17, 15) is 14.7 Å². The van der Waals surface area contributed by atoms with E-state index in [0.717, 1.165) is 0 Å². The van der Waals surface area contributed by atoms with Crippen LogP contribution in [0.1, 0.15) is 30.5 Å². The third kappa shape index (κ3) is 5.43. The molecule has 0 saturated carbocycles. The van der Waals surface area contributed by atoms with E-state index in [4.69, 9.17) is 25.8 Å². The van der Waals surface area contributed by atoms with Gasteiger partial charge in [0.1, 0.15) is 23.9 Å². The van der Waals surface area contributed by atoms with E-state index >= 15 is 0 Å². The molecule has 8 heteroatoms. The number of methoxy groups -OCH3 is 1. The van der Waals surface area contributed by atoms with Crippen molar-refractivity contribution in [2.24, 2.45) is 0 Å². The summed E-state index contributed by atoms with van der Waals surface area (Å²) in [7, 11) is 1.57. The highest BCUT2D eigenvalue weighted by Crippen LogP contribution is 2.40. The van der Waals surface area contributed by atoms with Crippen LogP contribution in [0.4, 0.5) is 0 Å². The van der Waals surface area contributed by atoms with E-state index in [-0.39, 0.29) is 11.3 Å². The van der Waals surface area contributed by atoms with Crippen LogP contribution >= 0.6 is 11.6 Å². The Labute approximate surface area is 204 Å². The second-order valence-electron chi connectivity index (χ2n) is 7.59. The van der Waals surface area contributed by atoms with Gasteiger partial charge in [0.2, 0.25) is 0 Å². The van der Waals surface area contributed by atoms with Gasteiger partial charge in [-0.2, -0.15) is 0 Å². The maximum Gasteiger partial charge on any atom is 0.295 e. The van der Waals surface area contributed by atoms with Gasteiger partial charge in [-0.15, -0.1) is 0 Å². The predicted octanol–water partition coefficient (Wildman–Crippen LogP) is 4.76. The molecule has 0 bridgehead atoms. The summed E-state index contributed by atoms with van der Waals surface area (Å²) in [6.45, 7) is 6.98. The molecule has 180 valence electrons. The average molecular weight is 486 g/mol. The molecule has 2 aromatic carbocycles. The van der Waals surface area contributed by atoms with Gasteiger partial charge in [0.05, 0.1) is 23.2 Å². The van der Waals surface area contributed by atoms with Crippen molar-refractivity contribution in [3.05, 3.63) is 76.8 Å². The fraction of sp³-hybridized carbons (Fsp3) is 0.308. The number of amides is 1. The lowest BCUT2D eigenvalue weighted by Crippen LogP contribution is -2.31. The van der Waals surface area contributed by atoms with E-state index in [0.29, 0.717) is 60.4 Å². The highest BCUT2D eigenvalue weighted by molar-refractivity contribution is 6.46. The summed E-state index contributed by atoms with van der Waals surface area (Å²) < 4.78 is 16.1. The molecular weight excluding hydrogens is 458 g/mol. The topological polar surface area (TPSA) is 85.3 Å². The van der Waals surface area contributed by atoms with Crippen LogP contribution in [0.25, 0.3) is 5.76 Å². The number of aliphatic hydroxyl groups is 1. The molecule has 1 saturated heterocycles. The summed E-state index contributed by atoms with van der Waals surface area (Å²) in [6, 6.07) is 11.0. The average Bonchev–Trinajstić information content (AvgIpc) is 3.09. The third-order valence-electron chi connectivity index (χ3n) is 5.36. The lowest BCUT2D eigenvalue weighted by molar-refractivity contribution is -0.140. The summed E-state index contributed by atoms with van der Waals surface area (Å²) in [5.74, 6) is -0.635. The number of nitrogens with zero attached hydrogens (tertiary/aromatic N) is 1. The van der Waals surface area contributed by atoms with Crippen LogP contribution < -0.4 is 9.47 Å². The number of carbonyl (C=O) groups excluding carboxylic acids is 2. The van der Waals surface area contributed by atoms with Crippen molar-refractivity contribution in [3.8, 4) is 11.5 Å². The standard InChI is InChI=1S/C26H28ClNO6/c1-4-14-34-19-10-7-17(8-11-19)23-22(25(30)26(31)28(23)13-6-15-32-3)24(29)18-9-12-21(33-5-2)20(27)16-18/h4,7-12,16,23,29H,1,5-6,13-15H2,2-3H3. The lowest BCUT2D eigenvalue weighted by atomic mass is 9.95. The number of hydrogen-bond donors (Lipinski definition) is 1. The van der Waals surface area contributed by atoms with Crippen LogP contribution in [-0.2, 0) is 14.3 Å². The summed E-state index contributed by atoms with van der Waals surface area (Å²) in [5, 5.41) is 11.5. The maximum atomic E-state index is 13.1. The van der Waals surface area contributed by atoms with Crippen molar-refractivity contribution in [3.63, 3.8) is 0 Å². The van der Waals surface area contributed by atoms with E-state index in [1.165, 1.54) is 11.0 Å². The maximum absolute atomic E-state index is 13.1. The van der Waals surface area contributed by atoms with Crippen LogP contribution in [0, 0.1) is 0 Å². The first-order chi connectivity index (χ1) is 16.4. The quantitative estimate of drug-likeness (QED) is 0.162. The smallest absolute Gasteiger partial charge is 0.295 e. The second kappa shape index (κ2) is 11.7. The molecule has 0 aliphatic carbocycles. The molecule has 3 rings (SSSR count). The second-order valence-corrected chi connectivity index (χ2v) is 7.99. The molecule has 7 nitrogen and oxygen atoms in total. The number of likely N-dealkylation sites (tertiary alicyclic amines) is 1. The minimum absolute atomic E-state index is 0.00223. The van der Waals surface area contributed by atoms with Crippen LogP contribution in [-0.4, -0.2) is 55.2 Å². The highest BCUT2D eigenvalue weighted by Gasteiger charge is 2.45. The first-order valence-corrected chi connectivity index (χ1v) is 11.3. The lowest BCUT2D eigenvalue weighted by Gasteiger charge is -2.25. The normalized spacial score (nSPS) is 17.1. The number of ether oxygens (including phenoxy) is 3. The largest absolute Gasteiger partial charge is 0.507 e. The van der Waals surface area contributed by atoms with E-state index in [2.05, 4.69) is 6.58 Å². The van der Waals surface area contributed by atoms with E-state index in [1.54, 1.807) is 49.6 Å². The van der Waals surface area contributed by atoms with Crippen LogP contribution in [0.3, 0.4) is 0 Å². The van der Waals surface area contributed by atoms with Gasteiger partial charge in [-0.05, 0) is 49.2 Å². The Balaban J connectivity index is 2.06. The molecule has 1 aliphatic rings. The zero-order valence-electron chi connectivity index (χ0n) is 19.3. The van der Waals surface area contributed by atoms with Gasteiger partial charge < -0.3 is 24.2 Å². The predicted molar refractivity (Wildman–Crippen MR) is 130 cm³/mol. The Morgan fingerprint density at radius 2 is 1.91 bits per heavy atom. The number of hydrogen-bond acceptors (Lipinski definition) is 6. The van der Waals surface area contributed by atoms with Gasteiger partial charge in [-0.1, -0.05) is 36.4 Å². The fourth-order valence-corrected chi connectivity index (χ4v) is 4.05. The number of Topliss-reactive ketones (excluding diaryl/α,β-unsaturated/α-hetero) is 1. The summed E-state index contributed by atoms with van der Waals surface area (Å²) >= 11 is 6.29. The van der Waals surface area contributed by atoms with Crippen molar-refractivity contribution in [1.29, 1.82) is 0 Å². The highest BCUT2D eigenvalue weighted by atomic mass is 35.5. The number of rotatable bonds is 11. The number of aliphatic hydroxyl groups excluding tert-OH is 1. The number of carbonyl (C=O) groups is 2. The summed E-state index contributed by atoms with van der Waals surface area (Å²) in [5.41, 5.74) is 0.989. The van der Waals surface area contributed by atoms with E-state index in [1.807, 2.05) is 6.92 Å². The molecule has 0 radical (unpaired) electrons. The molecule has 1 heterocycles. The molecule has 1 atom stereocenters. The molecule has 1 amide bonds. The van der Waals surface area contributed by atoms with Crippen molar-refractivity contribution >= 4 is 29.1 Å². The van der Waals surface area contributed by atoms with Gasteiger partial charge in [0.15, 0.2) is 0 Å². The minimum atomic E-state index is -0.768. The number of halogens is 1. The van der Waals surface area contributed by atoms with Gasteiger partial charge in [0.25, 0.3) is 11.7 Å². The van der Waals surface area contributed by atoms with Crippen LogP contribution in [0.5, 0.6) is 11.5 Å². The molecule has 2 aromatic rings. The van der Waals surface area contributed by atoms with Crippen molar-refractivity contribution in [1.82, 2.24) is 4.90 Å². The first-order valence-electron chi connectivity index (χ1n) is 11.0. The van der Waals surface area contributed by atoms with Crippen molar-refractivity contribution in [2.45, 2.75) is 19.4 Å². The Morgan fingerprint density at radius 3 is 2.53 bits per heavy atom. The molecule has 34 heavy (non-hydrogen) atoms. The van der Waals surface area contributed by atoms with Gasteiger partial charge in [-0.25, -0.2) is 0 Å². The molecule has 1 fully saturated rings. The van der Waals surface area contributed by atoms with Crippen molar-refractivity contribution in [2.75, 3.05) is 33.5 Å². The Kier molecular flexibility index (Phi) is 8.73. The van der Waals surface area contributed by atoms with Gasteiger partial charge >= 0.3 is 0 Å². The molecule has 0 aromatic heterocycles. The van der Waals surface area contributed by atoms with Gasteiger partial charge in [0, 0.05) is 25.8 Å². The minimum Gasteiger partial charge on any atom is -0.507 e. The summed E-state index contributed by atoms with van der Waals surface area (Å²) in [4.78, 5) is 27.5. The fourth-order valence-electron chi connectivity index (χ4n) is 3.81. The molecule has 1 N–H and O–H groups in total. The number of ketones is 1. The number of benzene rings is 2. The first kappa shape index (κ1) is 25.3. The zero-order valence-corrected chi connectivity index (χ0v) is 20.0. The van der Waals surface area contributed by atoms with Crippen LogP contribution in [0.2, 0.25) is 5.02 Å².